The summed E-state index contributed by atoms with van der Waals surface area (Å²) in [6.07, 6.45) is 0.858. The van der Waals surface area contributed by atoms with E-state index in [1.165, 1.54) is 5.56 Å². The maximum absolute atomic E-state index is 11.3. The molecular formula is C16H28N4O3S. The highest BCUT2D eigenvalue weighted by Gasteiger charge is 2.04. The minimum atomic E-state index is -3.16. The predicted octanol–water partition coefficient (Wildman–Crippen LogP) is 0.732. The minimum Gasteiger partial charge on any atom is -0.497 e. The Morgan fingerprint density at radius 1 is 1.12 bits per heavy atom. The van der Waals surface area contributed by atoms with Crippen LogP contribution in [0.4, 0.5) is 0 Å². The first kappa shape index (κ1) is 20.2. The van der Waals surface area contributed by atoms with Crippen molar-refractivity contribution in [2.24, 2.45) is 4.99 Å². The predicted molar refractivity (Wildman–Crippen MR) is 98.1 cm³/mol. The van der Waals surface area contributed by atoms with Crippen LogP contribution in [0.1, 0.15) is 19.4 Å². The highest BCUT2D eigenvalue weighted by atomic mass is 32.2. The topological polar surface area (TPSA) is 91.8 Å². The number of guanidine groups is 1. The van der Waals surface area contributed by atoms with Gasteiger partial charge in [-0.2, -0.15) is 0 Å². The number of hydrogen-bond acceptors (Lipinski definition) is 4. The summed E-state index contributed by atoms with van der Waals surface area (Å²) >= 11 is 0. The minimum absolute atomic E-state index is 0.0803. The summed E-state index contributed by atoms with van der Waals surface area (Å²) < 4.78 is 30.3. The van der Waals surface area contributed by atoms with Crippen molar-refractivity contribution in [1.82, 2.24) is 15.4 Å². The quantitative estimate of drug-likeness (QED) is 0.327. The molecular weight excluding hydrogens is 328 g/mol. The van der Waals surface area contributed by atoms with Gasteiger partial charge in [-0.05, 0) is 38.0 Å². The van der Waals surface area contributed by atoms with E-state index in [1.807, 2.05) is 31.2 Å². The van der Waals surface area contributed by atoms with Crippen LogP contribution in [0.3, 0.4) is 0 Å². The zero-order valence-corrected chi connectivity index (χ0v) is 15.4. The Bertz CT molecular complexity index is 600. The lowest BCUT2D eigenvalue weighted by atomic mass is 10.1. The zero-order chi connectivity index (χ0) is 17.8. The molecule has 136 valence electrons. The molecule has 0 atom stereocenters. The molecule has 7 nitrogen and oxygen atoms in total. The molecule has 0 saturated heterocycles. The van der Waals surface area contributed by atoms with Crippen molar-refractivity contribution in [3.8, 4) is 5.75 Å². The van der Waals surface area contributed by atoms with E-state index in [2.05, 4.69) is 20.3 Å². The third-order valence-electron chi connectivity index (χ3n) is 3.29. The second-order valence-electron chi connectivity index (χ2n) is 5.08. The molecule has 0 saturated carbocycles. The van der Waals surface area contributed by atoms with Gasteiger partial charge < -0.3 is 15.4 Å². The summed E-state index contributed by atoms with van der Waals surface area (Å²) in [5.74, 6) is 1.61. The molecule has 0 aliphatic rings. The molecule has 1 aromatic carbocycles. The molecule has 24 heavy (non-hydrogen) atoms. The Balaban J connectivity index is 2.39. The maximum Gasteiger partial charge on any atom is 0.211 e. The fourth-order valence-electron chi connectivity index (χ4n) is 1.93. The molecule has 0 aliphatic heterocycles. The van der Waals surface area contributed by atoms with Crippen molar-refractivity contribution in [2.45, 2.75) is 20.3 Å². The first-order valence-corrected chi connectivity index (χ1v) is 9.78. The SMILES string of the molecule is CCNC(=NCCNS(=O)(=O)CC)NCCc1ccc(OC)cc1. The summed E-state index contributed by atoms with van der Waals surface area (Å²) in [7, 11) is -1.51. The summed E-state index contributed by atoms with van der Waals surface area (Å²) in [4.78, 5) is 4.36. The number of sulfonamides is 1. The summed E-state index contributed by atoms with van der Waals surface area (Å²) in [6, 6.07) is 7.94. The lowest BCUT2D eigenvalue weighted by molar-refractivity contribution is 0.414. The molecule has 0 amide bonds. The van der Waals surface area contributed by atoms with Gasteiger partial charge in [0, 0.05) is 19.6 Å². The molecule has 3 N–H and O–H groups in total. The zero-order valence-electron chi connectivity index (χ0n) is 14.6. The summed E-state index contributed by atoms with van der Waals surface area (Å²) in [5.41, 5.74) is 1.20. The Labute approximate surface area is 145 Å². The molecule has 0 radical (unpaired) electrons. The van der Waals surface area contributed by atoms with Gasteiger partial charge in [0.15, 0.2) is 5.96 Å². The van der Waals surface area contributed by atoms with E-state index in [0.29, 0.717) is 19.0 Å². The van der Waals surface area contributed by atoms with Crippen LogP contribution in [-0.4, -0.2) is 53.4 Å². The number of hydrogen-bond donors (Lipinski definition) is 3. The smallest absolute Gasteiger partial charge is 0.211 e. The van der Waals surface area contributed by atoms with E-state index in [4.69, 9.17) is 4.74 Å². The number of nitrogens with zero attached hydrogens (tertiary/aromatic N) is 1. The Kier molecular flexibility index (Phi) is 9.18. The highest BCUT2D eigenvalue weighted by molar-refractivity contribution is 7.89. The van der Waals surface area contributed by atoms with Gasteiger partial charge in [0.25, 0.3) is 0 Å². The number of rotatable bonds is 10. The fourth-order valence-corrected chi connectivity index (χ4v) is 2.54. The van der Waals surface area contributed by atoms with Gasteiger partial charge in [-0.25, -0.2) is 13.1 Å². The van der Waals surface area contributed by atoms with Gasteiger partial charge >= 0.3 is 0 Å². The van der Waals surface area contributed by atoms with Gasteiger partial charge in [-0.3, -0.25) is 4.99 Å². The van der Waals surface area contributed by atoms with E-state index in [9.17, 15) is 8.42 Å². The molecule has 0 bridgehead atoms. The lowest BCUT2D eigenvalue weighted by Gasteiger charge is -2.11. The molecule has 0 heterocycles. The van der Waals surface area contributed by atoms with E-state index in [-0.39, 0.29) is 5.75 Å². The number of nitrogens with one attached hydrogen (secondary N) is 3. The third-order valence-corrected chi connectivity index (χ3v) is 4.70. The standard InChI is InChI=1S/C16H28N4O3S/c1-4-17-16(19-12-13-20-24(21,22)5-2)18-11-10-14-6-8-15(23-3)9-7-14/h6-9,20H,4-5,10-13H2,1-3H3,(H2,17,18,19). The van der Waals surface area contributed by atoms with Crippen LogP contribution < -0.4 is 20.1 Å². The Morgan fingerprint density at radius 2 is 1.83 bits per heavy atom. The van der Waals surface area contributed by atoms with Gasteiger partial charge in [-0.1, -0.05) is 12.1 Å². The number of methoxy groups -OCH3 is 1. The van der Waals surface area contributed by atoms with Crippen molar-refractivity contribution in [2.75, 3.05) is 39.0 Å². The molecule has 1 rings (SSSR count). The van der Waals surface area contributed by atoms with Crippen LogP contribution in [0, 0.1) is 0 Å². The first-order valence-electron chi connectivity index (χ1n) is 8.13. The first-order chi connectivity index (χ1) is 11.5. The molecule has 0 aliphatic carbocycles. The van der Waals surface area contributed by atoms with Gasteiger partial charge in [0.1, 0.15) is 5.75 Å². The number of benzene rings is 1. The van der Waals surface area contributed by atoms with Crippen molar-refractivity contribution >= 4 is 16.0 Å². The van der Waals surface area contributed by atoms with E-state index in [0.717, 1.165) is 25.3 Å². The normalized spacial score (nSPS) is 12.0. The van der Waals surface area contributed by atoms with E-state index < -0.39 is 10.0 Å². The second kappa shape index (κ2) is 10.9. The summed E-state index contributed by atoms with van der Waals surface area (Å²) in [5, 5.41) is 6.38. The average Bonchev–Trinajstić information content (AvgIpc) is 2.59. The van der Waals surface area contributed by atoms with E-state index in [1.54, 1.807) is 14.0 Å². The summed E-state index contributed by atoms with van der Waals surface area (Å²) in [6.45, 7) is 5.76. The second-order valence-corrected chi connectivity index (χ2v) is 7.18. The van der Waals surface area contributed by atoms with Crippen molar-refractivity contribution < 1.29 is 13.2 Å². The number of aliphatic imine (C=N–C) groups is 1. The monoisotopic (exact) mass is 356 g/mol. The van der Waals surface area contributed by atoms with Gasteiger partial charge in [-0.15, -0.1) is 0 Å². The lowest BCUT2D eigenvalue weighted by Crippen LogP contribution is -2.39. The van der Waals surface area contributed by atoms with Crippen molar-refractivity contribution in [3.05, 3.63) is 29.8 Å². The van der Waals surface area contributed by atoms with Gasteiger partial charge in [0.2, 0.25) is 10.0 Å². The molecule has 8 heteroatoms. The Hall–Kier alpha value is -1.80. The van der Waals surface area contributed by atoms with Crippen molar-refractivity contribution in [3.63, 3.8) is 0 Å². The van der Waals surface area contributed by atoms with Crippen LogP contribution in [0.25, 0.3) is 0 Å². The van der Waals surface area contributed by atoms with Gasteiger partial charge in [0.05, 0.1) is 19.4 Å². The molecule has 0 spiro atoms. The molecule has 0 unspecified atom stereocenters. The van der Waals surface area contributed by atoms with E-state index >= 15 is 0 Å². The fraction of sp³-hybridized carbons (Fsp3) is 0.562. The maximum atomic E-state index is 11.3. The molecule has 0 fully saturated rings. The number of ether oxygens (including phenoxy) is 1. The van der Waals surface area contributed by atoms with Crippen LogP contribution >= 0.6 is 0 Å². The Morgan fingerprint density at radius 3 is 2.42 bits per heavy atom. The third kappa shape index (κ3) is 8.16. The van der Waals surface area contributed by atoms with Crippen LogP contribution in [0.15, 0.2) is 29.3 Å². The van der Waals surface area contributed by atoms with Crippen molar-refractivity contribution in [1.29, 1.82) is 0 Å². The molecule has 0 aromatic heterocycles. The largest absolute Gasteiger partial charge is 0.497 e. The van der Waals surface area contributed by atoms with Crippen LogP contribution in [0.5, 0.6) is 5.75 Å². The molecule has 1 aromatic rings. The highest BCUT2D eigenvalue weighted by Crippen LogP contribution is 2.11. The van der Waals surface area contributed by atoms with Crippen LogP contribution in [-0.2, 0) is 16.4 Å². The van der Waals surface area contributed by atoms with Crippen LogP contribution in [0.2, 0.25) is 0 Å². The average molecular weight is 356 g/mol.